The number of imide groups is 1. The van der Waals surface area contributed by atoms with Crippen molar-refractivity contribution in [1.82, 2.24) is 4.90 Å². The van der Waals surface area contributed by atoms with E-state index in [1.165, 1.54) is 18.2 Å². The number of hydrogen-bond acceptors (Lipinski definition) is 5. The van der Waals surface area contributed by atoms with Crippen LogP contribution in [0, 0.1) is 19.3 Å². The van der Waals surface area contributed by atoms with Crippen LogP contribution in [0.2, 0.25) is 0 Å². The van der Waals surface area contributed by atoms with E-state index in [-0.39, 0.29) is 17.0 Å². The third kappa shape index (κ3) is 3.27. The number of terminal acetylenes is 1. The summed E-state index contributed by atoms with van der Waals surface area (Å²) in [5.41, 5.74) is 1.65. The Bertz CT molecular complexity index is 996. The van der Waals surface area contributed by atoms with Crippen molar-refractivity contribution in [3.05, 3.63) is 52.1 Å². The molecule has 130 valence electrons. The van der Waals surface area contributed by atoms with Crippen LogP contribution in [0.4, 0.5) is 4.79 Å². The highest BCUT2D eigenvalue weighted by Crippen LogP contribution is 2.33. The van der Waals surface area contributed by atoms with E-state index in [4.69, 9.17) is 15.9 Å². The number of rotatable bonds is 4. The maximum atomic E-state index is 12.2. The molecule has 0 unspecified atom stereocenters. The minimum Gasteiger partial charge on any atom is -0.478 e. The van der Waals surface area contributed by atoms with E-state index in [0.717, 1.165) is 22.2 Å². The lowest BCUT2D eigenvalue weighted by atomic mass is 10.0. The smallest absolute Gasteiger partial charge is 0.335 e. The van der Waals surface area contributed by atoms with Crippen molar-refractivity contribution in [3.8, 4) is 23.7 Å². The SMILES string of the molecule is C#CCN1C(=O)S/C(=C/c2ccc(-c3cc(C(=O)O)ccc3C)o2)C1=O. The number of carboxylic acid groups (broad SMARTS) is 1. The molecule has 1 aromatic heterocycles. The number of carbonyl (C=O) groups is 3. The molecule has 1 N–H and O–H groups in total. The number of hydrogen-bond donors (Lipinski definition) is 1. The second kappa shape index (κ2) is 6.94. The van der Waals surface area contributed by atoms with Crippen LogP contribution in [0.1, 0.15) is 21.7 Å². The van der Waals surface area contributed by atoms with Gasteiger partial charge in [0.05, 0.1) is 17.0 Å². The number of aromatic carboxylic acids is 1. The molecule has 3 rings (SSSR count). The van der Waals surface area contributed by atoms with Gasteiger partial charge in [0.25, 0.3) is 11.1 Å². The van der Waals surface area contributed by atoms with Crippen molar-refractivity contribution in [1.29, 1.82) is 0 Å². The normalized spacial score (nSPS) is 15.5. The number of amides is 2. The van der Waals surface area contributed by atoms with Crippen LogP contribution in [0.15, 0.2) is 39.7 Å². The van der Waals surface area contributed by atoms with E-state index < -0.39 is 17.1 Å². The highest BCUT2D eigenvalue weighted by molar-refractivity contribution is 8.18. The molecule has 2 heterocycles. The van der Waals surface area contributed by atoms with Crippen molar-refractivity contribution >= 4 is 35.0 Å². The molecular weight excluding hydrogens is 354 g/mol. The molecule has 1 fully saturated rings. The highest BCUT2D eigenvalue weighted by Gasteiger charge is 2.34. The minimum absolute atomic E-state index is 0.0768. The highest BCUT2D eigenvalue weighted by atomic mass is 32.2. The molecule has 0 spiro atoms. The van der Waals surface area contributed by atoms with Gasteiger partial charge in [0.2, 0.25) is 0 Å². The average molecular weight is 367 g/mol. The summed E-state index contributed by atoms with van der Waals surface area (Å²) in [4.78, 5) is 36.3. The van der Waals surface area contributed by atoms with Gasteiger partial charge in [-0.15, -0.1) is 6.42 Å². The van der Waals surface area contributed by atoms with Crippen LogP contribution in [0.5, 0.6) is 0 Å². The third-order valence-corrected chi connectivity index (χ3v) is 4.68. The lowest BCUT2D eigenvalue weighted by molar-refractivity contribution is -0.122. The number of nitrogens with zero attached hydrogens (tertiary/aromatic N) is 1. The van der Waals surface area contributed by atoms with Crippen molar-refractivity contribution in [2.75, 3.05) is 6.54 Å². The molecule has 0 atom stereocenters. The Labute approximate surface area is 153 Å². The molecule has 1 aliphatic heterocycles. The zero-order chi connectivity index (χ0) is 18.8. The first-order valence-electron chi connectivity index (χ1n) is 7.53. The van der Waals surface area contributed by atoms with Gasteiger partial charge in [-0.05, 0) is 48.5 Å². The van der Waals surface area contributed by atoms with Crippen molar-refractivity contribution in [2.45, 2.75) is 6.92 Å². The summed E-state index contributed by atoms with van der Waals surface area (Å²) in [6, 6.07) is 8.09. The number of aryl methyl sites for hydroxylation is 1. The Morgan fingerprint density at radius 2 is 2.12 bits per heavy atom. The van der Waals surface area contributed by atoms with Gasteiger partial charge >= 0.3 is 5.97 Å². The minimum atomic E-state index is -1.03. The lowest BCUT2D eigenvalue weighted by Crippen LogP contribution is -2.28. The molecule has 0 bridgehead atoms. The Morgan fingerprint density at radius 1 is 1.35 bits per heavy atom. The molecule has 0 saturated carbocycles. The van der Waals surface area contributed by atoms with E-state index >= 15 is 0 Å². The number of thioether (sulfide) groups is 1. The summed E-state index contributed by atoms with van der Waals surface area (Å²) >= 11 is 0.796. The summed E-state index contributed by atoms with van der Waals surface area (Å²) in [7, 11) is 0. The molecule has 2 aromatic rings. The average Bonchev–Trinajstić information content (AvgIpc) is 3.16. The molecule has 6 nitrogen and oxygen atoms in total. The molecule has 26 heavy (non-hydrogen) atoms. The van der Waals surface area contributed by atoms with Gasteiger partial charge in [-0.3, -0.25) is 14.5 Å². The number of benzene rings is 1. The van der Waals surface area contributed by atoms with E-state index in [2.05, 4.69) is 5.92 Å². The third-order valence-electron chi connectivity index (χ3n) is 3.77. The standard InChI is InChI=1S/C19H13NO5S/c1-3-8-20-17(21)16(26-19(20)24)10-13-6-7-15(25-13)14-9-12(18(22)23)5-4-11(14)2/h1,4-7,9-10H,8H2,2H3,(H,22,23)/b16-10+. The first-order chi connectivity index (χ1) is 12.4. The molecule has 0 aliphatic carbocycles. The van der Waals surface area contributed by atoms with E-state index in [1.807, 2.05) is 6.92 Å². The quantitative estimate of drug-likeness (QED) is 0.656. The first-order valence-corrected chi connectivity index (χ1v) is 8.35. The molecular formula is C19H13NO5S. The van der Waals surface area contributed by atoms with Crippen LogP contribution < -0.4 is 0 Å². The zero-order valence-electron chi connectivity index (χ0n) is 13.7. The summed E-state index contributed by atoms with van der Waals surface area (Å²) in [6.07, 6.45) is 6.63. The van der Waals surface area contributed by atoms with E-state index in [9.17, 15) is 14.4 Å². The number of carbonyl (C=O) groups excluding carboxylic acids is 2. The van der Waals surface area contributed by atoms with Gasteiger partial charge in [0, 0.05) is 11.6 Å². The maximum absolute atomic E-state index is 12.2. The largest absolute Gasteiger partial charge is 0.478 e. The van der Waals surface area contributed by atoms with Crippen molar-refractivity contribution in [3.63, 3.8) is 0 Å². The predicted octanol–water partition coefficient (Wildman–Crippen LogP) is 3.62. The fourth-order valence-electron chi connectivity index (χ4n) is 2.45. The van der Waals surface area contributed by atoms with E-state index in [1.54, 1.807) is 18.2 Å². The van der Waals surface area contributed by atoms with Gasteiger partial charge < -0.3 is 9.52 Å². The number of furan rings is 1. The molecule has 2 amide bonds. The Hall–Kier alpha value is -3.24. The fraction of sp³-hybridized carbons (Fsp3) is 0.105. The second-order valence-corrected chi connectivity index (χ2v) is 6.50. The summed E-state index contributed by atoms with van der Waals surface area (Å²) in [5, 5.41) is 8.71. The van der Waals surface area contributed by atoms with Gasteiger partial charge in [-0.25, -0.2) is 4.79 Å². The van der Waals surface area contributed by atoms with Crippen LogP contribution in [-0.2, 0) is 4.79 Å². The topological polar surface area (TPSA) is 87.8 Å². The summed E-state index contributed by atoms with van der Waals surface area (Å²) < 4.78 is 5.72. The van der Waals surface area contributed by atoms with Gasteiger partial charge in [-0.2, -0.15) is 0 Å². The van der Waals surface area contributed by atoms with Crippen LogP contribution in [-0.4, -0.2) is 33.7 Å². The Morgan fingerprint density at radius 3 is 2.81 bits per heavy atom. The fourth-order valence-corrected chi connectivity index (χ4v) is 3.27. The molecule has 0 radical (unpaired) electrons. The second-order valence-electron chi connectivity index (χ2n) is 5.51. The monoisotopic (exact) mass is 367 g/mol. The lowest BCUT2D eigenvalue weighted by Gasteiger charge is -2.06. The van der Waals surface area contributed by atoms with Crippen molar-refractivity contribution < 1.29 is 23.9 Å². The van der Waals surface area contributed by atoms with Gasteiger partial charge in [0.15, 0.2) is 0 Å². The molecule has 7 heteroatoms. The van der Waals surface area contributed by atoms with Gasteiger partial charge in [0.1, 0.15) is 11.5 Å². The molecule has 1 aliphatic rings. The zero-order valence-corrected chi connectivity index (χ0v) is 14.5. The Kier molecular flexibility index (Phi) is 4.69. The molecule has 1 saturated heterocycles. The molecule has 1 aromatic carbocycles. The van der Waals surface area contributed by atoms with E-state index in [0.29, 0.717) is 17.1 Å². The Balaban J connectivity index is 1.91. The number of carboxylic acids is 1. The van der Waals surface area contributed by atoms with Crippen molar-refractivity contribution in [2.24, 2.45) is 0 Å². The maximum Gasteiger partial charge on any atom is 0.335 e. The summed E-state index contributed by atoms with van der Waals surface area (Å²) in [5.74, 6) is 1.64. The predicted molar refractivity (Wildman–Crippen MR) is 97.4 cm³/mol. The van der Waals surface area contributed by atoms with Gasteiger partial charge in [-0.1, -0.05) is 12.0 Å². The van der Waals surface area contributed by atoms with Crippen LogP contribution in [0.25, 0.3) is 17.4 Å². The first kappa shape index (κ1) is 17.6. The van der Waals surface area contributed by atoms with Crippen LogP contribution >= 0.6 is 11.8 Å². The van der Waals surface area contributed by atoms with Crippen LogP contribution in [0.3, 0.4) is 0 Å². The summed E-state index contributed by atoms with van der Waals surface area (Å²) in [6.45, 7) is 1.76.